The van der Waals surface area contributed by atoms with Gasteiger partial charge in [-0.3, -0.25) is 0 Å². The van der Waals surface area contributed by atoms with Gasteiger partial charge in [-0.25, -0.2) is 0 Å². The van der Waals surface area contributed by atoms with E-state index in [0.29, 0.717) is 0 Å². The molecule has 0 atom stereocenters. The lowest BCUT2D eigenvalue weighted by Crippen LogP contribution is -1.82. The van der Waals surface area contributed by atoms with Crippen LogP contribution in [0.1, 0.15) is 90.4 Å². The van der Waals surface area contributed by atoms with Crippen molar-refractivity contribution in [2.45, 2.75) is 90.4 Å². The number of hydrogen-bond donors (Lipinski definition) is 0. The van der Waals surface area contributed by atoms with Crippen molar-refractivity contribution in [2.75, 3.05) is 0 Å². The van der Waals surface area contributed by atoms with Gasteiger partial charge in [0.2, 0.25) is 0 Å². The minimum Gasteiger partial charge on any atom is -0.0991 e. The Hall–Kier alpha value is -0.520. The zero-order chi connectivity index (χ0) is 13.3. The summed E-state index contributed by atoms with van der Waals surface area (Å²) in [6.45, 7) is 5.96. The highest BCUT2D eigenvalue weighted by Gasteiger charge is 1.92. The van der Waals surface area contributed by atoms with Gasteiger partial charge >= 0.3 is 0 Å². The molecule has 0 saturated carbocycles. The first-order valence-corrected chi connectivity index (χ1v) is 8.19. The van der Waals surface area contributed by atoms with Crippen molar-refractivity contribution in [1.29, 1.82) is 0 Å². The smallest absolute Gasteiger partial charge is 0.0348 e. The predicted octanol–water partition coefficient (Wildman–Crippen LogP) is 6.82. The van der Waals surface area contributed by atoms with E-state index in [1.54, 1.807) is 0 Å². The largest absolute Gasteiger partial charge is 0.0991 e. The summed E-state index contributed by atoms with van der Waals surface area (Å²) in [5.41, 5.74) is 0. The molecular formula is C18H34. The summed E-state index contributed by atoms with van der Waals surface area (Å²) in [5.74, 6) is 0. The molecule has 0 bridgehead atoms. The van der Waals surface area contributed by atoms with E-state index >= 15 is 0 Å². The molecule has 0 fully saturated rings. The molecule has 0 aromatic carbocycles. The normalized spacial score (nSPS) is 11.2. The first kappa shape index (κ1) is 17.5. The van der Waals surface area contributed by atoms with E-state index in [1.807, 2.05) is 6.08 Å². The number of rotatable bonds is 14. The van der Waals surface area contributed by atoms with E-state index in [0.717, 1.165) is 0 Å². The third kappa shape index (κ3) is 15.5. The molecular weight excluding hydrogens is 216 g/mol. The second kappa shape index (κ2) is 16.5. The van der Waals surface area contributed by atoms with Crippen LogP contribution in [0, 0.1) is 0 Å². The van der Waals surface area contributed by atoms with Crippen LogP contribution >= 0.6 is 0 Å². The minimum atomic E-state index is 1.23. The predicted molar refractivity (Wildman–Crippen MR) is 85.0 cm³/mol. The van der Waals surface area contributed by atoms with Crippen molar-refractivity contribution in [3.8, 4) is 0 Å². The molecule has 0 saturated heterocycles. The van der Waals surface area contributed by atoms with Crippen molar-refractivity contribution < 1.29 is 0 Å². The molecule has 0 amide bonds. The number of allylic oxidation sites excluding steroid dienone is 3. The molecule has 106 valence electrons. The third-order valence-corrected chi connectivity index (χ3v) is 3.50. The van der Waals surface area contributed by atoms with E-state index < -0.39 is 0 Å². The van der Waals surface area contributed by atoms with Crippen molar-refractivity contribution in [2.24, 2.45) is 0 Å². The SMILES string of the molecule is C=C/C=C\CCCCCCCCCCCCCC. The molecule has 0 heteroatoms. The van der Waals surface area contributed by atoms with Gasteiger partial charge in [0.1, 0.15) is 0 Å². The van der Waals surface area contributed by atoms with Gasteiger partial charge in [0.15, 0.2) is 0 Å². The molecule has 18 heavy (non-hydrogen) atoms. The van der Waals surface area contributed by atoms with E-state index in [9.17, 15) is 0 Å². The topological polar surface area (TPSA) is 0 Å². The molecule has 0 heterocycles. The average Bonchev–Trinajstić information content (AvgIpc) is 2.39. The quantitative estimate of drug-likeness (QED) is 0.234. The number of hydrogen-bond acceptors (Lipinski definition) is 0. The molecule has 0 aliphatic rings. The van der Waals surface area contributed by atoms with Gasteiger partial charge in [-0.1, -0.05) is 102 Å². The standard InChI is InChI=1S/C18H34/c1-3-5-7-9-11-13-15-17-18-16-14-12-10-8-6-4-2/h3,5,7H,1,4,6,8-18H2,2H3/b7-5-. The van der Waals surface area contributed by atoms with Gasteiger partial charge in [-0.2, -0.15) is 0 Å². The first-order chi connectivity index (χ1) is 8.91. The van der Waals surface area contributed by atoms with Crippen LogP contribution in [-0.2, 0) is 0 Å². The maximum Gasteiger partial charge on any atom is -0.0348 e. The second-order valence-corrected chi connectivity index (χ2v) is 5.34. The van der Waals surface area contributed by atoms with Gasteiger partial charge in [0.25, 0.3) is 0 Å². The summed E-state index contributed by atoms with van der Waals surface area (Å²) in [7, 11) is 0. The van der Waals surface area contributed by atoms with Crippen molar-refractivity contribution >= 4 is 0 Å². The molecule has 0 unspecified atom stereocenters. The Kier molecular flexibility index (Phi) is 16.0. The maximum atomic E-state index is 3.67. The molecule has 0 aromatic heterocycles. The van der Waals surface area contributed by atoms with E-state index in [-0.39, 0.29) is 0 Å². The van der Waals surface area contributed by atoms with Gasteiger partial charge in [0.05, 0.1) is 0 Å². The van der Waals surface area contributed by atoms with Crippen LogP contribution in [-0.4, -0.2) is 0 Å². The first-order valence-electron chi connectivity index (χ1n) is 8.19. The lowest BCUT2D eigenvalue weighted by molar-refractivity contribution is 0.545. The molecule has 0 radical (unpaired) electrons. The lowest BCUT2D eigenvalue weighted by Gasteiger charge is -2.02. The average molecular weight is 250 g/mol. The summed E-state index contributed by atoms with van der Waals surface area (Å²) in [5, 5.41) is 0. The van der Waals surface area contributed by atoms with Crippen LogP contribution in [0.15, 0.2) is 24.8 Å². The molecule has 0 aliphatic carbocycles. The summed E-state index contributed by atoms with van der Waals surface area (Å²) >= 11 is 0. The third-order valence-electron chi connectivity index (χ3n) is 3.50. The van der Waals surface area contributed by atoms with Gasteiger partial charge < -0.3 is 0 Å². The van der Waals surface area contributed by atoms with Crippen LogP contribution in [0.2, 0.25) is 0 Å². The van der Waals surface area contributed by atoms with E-state index in [1.165, 1.54) is 83.5 Å². The highest BCUT2D eigenvalue weighted by atomic mass is 14.0. The van der Waals surface area contributed by atoms with Crippen LogP contribution < -0.4 is 0 Å². The Balaban J connectivity index is 2.94. The Bertz CT molecular complexity index is 178. The fraction of sp³-hybridized carbons (Fsp3) is 0.778. The zero-order valence-electron chi connectivity index (χ0n) is 12.6. The van der Waals surface area contributed by atoms with Crippen molar-refractivity contribution in [3.63, 3.8) is 0 Å². The van der Waals surface area contributed by atoms with Crippen LogP contribution in [0.4, 0.5) is 0 Å². The van der Waals surface area contributed by atoms with Gasteiger partial charge in [0, 0.05) is 0 Å². The van der Waals surface area contributed by atoms with Crippen molar-refractivity contribution in [3.05, 3.63) is 24.8 Å². The van der Waals surface area contributed by atoms with Crippen molar-refractivity contribution in [1.82, 2.24) is 0 Å². The Morgan fingerprint density at radius 3 is 1.56 bits per heavy atom. The summed E-state index contributed by atoms with van der Waals surface area (Å²) in [6, 6.07) is 0. The highest BCUT2D eigenvalue weighted by molar-refractivity contribution is 4.96. The minimum absolute atomic E-state index is 1.23. The highest BCUT2D eigenvalue weighted by Crippen LogP contribution is 2.12. The molecule has 0 rings (SSSR count). The molecule has 0 aliphatic heterocycles. The maximum absolute atomic E-state index is 3.67. The molecule has 0 N–H and O–H groups in total. The fourth-order valence-corrected chi connectivity index (χ4v) is 2.30. The Morgan fingerprint density at radius 1 is 0.667 bits per heavy atom. The Morgan fingerprint density at radius 2 is 1.11 bits per heavy atom. The molecule has 0 aromatic rings. The lowest BCUT2D eigenvalue weighted by atomic mass is 10.0. The molecule has 0 nitrogen and oxygen atoms in total. The van der Waals surface area contributed by atoms with E-state index in [4.69, 9.17) is 0 Å². The van der Waals surface area contributed by atoms with Crippen LogP contribution in [0.5, 0.6) is 0 Å². The summed E-state index contributed by atoms with van der Waals surface area (Å²) in [6.07, 6.45) is 24.5. The summed E-state index contributed by atoms with van der Waals surface area (Å²) in [4.78, 5) is 0. The van der Waals surface area contributed by atoms with Gasteiger partial charge in [-0.05, 0) is 12.8 Å². The van der Waals surface area contributed by atoms with Gasteiger partial charge in [-0.15, -0.1) is 0 Å². The second-order valence-electron chi connectivity index (χ2n) is 5.34. The van der Waals surface area contributed by atoms with Crippen LogP contribution in [0.25, 0.3) is 0 Å². The fourth-order valence-electron chi connectivity index (χ4n) is 2.30. The number of unbranched alkanes of at least 4 members (excludes halogenated alkanes) is 12. The zero-order valence-corrected chi connectivity index (χ0v) is 12.6. The van der Waals surface area contributed by atoms with Crippen LogP contribution in [0.3, 0.4) is 0 Å². The monoisotopic (exact) mass is 250 g/mol. The molecule has 0 spiro atoms. The van der Waals surface area contributed by atoms with E-state index in [2.05, 4.69) is 25.7 Å². The Labute approximate surface area is 116 Å². The summed E-state index contributed by atoms with van der Waals surface area (Å²) < 4.78 is 0.